The van der Waals surface area contributed by atoms with Crippen LogP contribution in [0.1, 0.15) is 18.5 Å². The van der Waals surface area contributed by atoms with Crippen LogP contribution in [0.3, 0.4) is 0 Å². The van der Waals surface area contributed by atoms with E-state index in [1.54, 1.807) is 25.1 Å². The monoisotopic (exact) mass is 385 g/mol. The van der Waals surface area contributed by atoms with Gasteiger partial charge in [0.2, 0.25) is 10.0 Å². The second kappa shape index (κ2) is 6.93. The number of nitrogens with two attached hydrogens (primary N) is 1. The Kier molecular flexibility index (Phi) is 5.07. The number of likely N-dealkylation sites (N-methyl/N-ethyl adjacent to an activating group) is 1. The molecule has 3 N–H and O–H groups in total. The van der Waals surface area contributed by atoms with Crippen LogP contribution >= 0.6 is 23.3 Å². The number of ether oxygens (including phenoxy) is 1. The number of anilines is 1. The number of rotatable bonds is 5. The molecule has 0 saturated heterocycles. The van der Waals surface area contributed by atoms with Crippen molar-refractivity contribution in [2.24, 2.45) is 5.14 Å². The van der Waals surface area contributed by atoms with Crippen molar-refractivity contribution in [2.75, 3.05) is 24.5 Å². The third-order valence-corrected chi connectivity index (χ3v) is 7.53. The van der Waals surface area contributed by atoms with Gasteiger partial charge in [0, 0.05) is 12.2 Å². The van der Waals surface area contributed by atoms with Gasteiger partial charge in [-0.1, -0.05) is 6.92 Å². The van der Waals surface area contributed by atoms with Crippen LogP contribution in [0.5, 0.6) is 5.75 Å². The van der Waals surface area contributed by atoms with Crippen molar-refractivity contribution in [3.05, 3.63) is 35.9 Å². The Morgan fingerprint density at radius 3 is 2.67 bits per heavy atom. The van der Waals surface area contributed by atoms with Crippen molar-refractivity contribution in [1.82, 2.24) is 5.32 Å². The van der Waals surface area contributed by atoms with E-state index in [-0.39, 0.29) is 10.3 Å². The van der Waals surface area contributed by atoms with E-state index >= 15 is 0 Å². The van der Waals surface area contributed by atoms with Gasteiger partial charge >= 0.3 is 0 Å². The smallest absolute Gasteiger partial charge is 0.247 e. The summed E-state index contributed by atoms with van der Waals surface area (Å²) in [5.74, 6) is 0.803. The summed E-state index contributed by atoms with van der Waals surface area (Å²) in [5.41, 5.74) is 2.04. The molecule has 0 spiro atoms. The number of sulfonamides is 1. The van der Waals surface area contributed by atoms with Gasteiger partial charge in [-0.05, 0) is 54.4 Å². The Balaban J connectivity index is 1.94. The van der Waals surface area contributed by atoms with Gasteiger partial charge in [0.25, 0.3) is 0 Å². The van der Waals surface area contributed by atoms with Crippen LogP contribution < -0.4 is 19.5 Å². The van der Waals surface area contributed by atoms with E-state index in [2.05, 4.69) is 9.62 Å². The van der Waals surface area contributed by atoms with Crippen LogP contribution in [0, 0.1) is 0 Å². The number of primary sulfonamides is 1. The minimum atomic E-state index is -3.68. The average Bonchev–Trinajstić information content (AvgIpc) is 3.00. The number of hydrogen-bond donors (Lipinski definition) is 2. The Morgan fingerprint density at radius 1 is 1.38 bits per heavy atom. The first kappa shape index (κ1) is 17.6. The summed E-state index contributed by atoms with van der Waals surface area (Å²) in [4.78, 5) is 0. The third-order valence-electron chi connectivity index (χ3n) is 3.71. The first-order valence-electron chi connectivity index (χ1n) is 7.42. The van der Waals surface area contributed by atoms with Gasteiger partial charge < -0.3 is 14.4 Å². The standard InChI is InChI=1S/C15H19N3O3S3/c1-3-17-13-9-18(10-4-6-11(21-2)7-5-10)23-15-12(13)8-14(22-15)24(16,19)20/h4-8,13,17H,3,9H2,1-2H3,(H2,16,19,20)/t13-/m0/s1. The summed E-state index contributed by atoms with van der Waals surface area (Å²) >= 11 is 2.76. The van der Waals surface area contributed by atoms with Crippen molar-refractivity contribution in [1.29, 1.82) is 0 Å². The molecule has 9 heteroatoms. The van der Waals surface area contributed by atoms with Crippen molar-refractivity contribution >= 4 is 39.0 Å². The van der Waals surface area contributed by atoms with E-state index in [1.165, 1.54) is 11.3 Å². The summed E-state index contributed by atoms with van der Waals surface area (Å²) in [7, 11) is -2.05. The molecule has 2 heterocycles. The molecule has 1 atom stereocenters. The molecular weight excluding hydrogens is 366 g/mol. The van der Waals surface area contributed by atoms with Crippen LogP contribution in [-0.2, 0) is 10.0 Å². The molecule has 24 heavy (non-hydrogen) atoms. The predicted molar refractivity (Wildman–Crippen MR) is 98.3 cm³/mol. The van der Waals surface area contributed by atoms with E-state index in [1.807, 2.05) is 31.2 Å². The molecular formula is C15H19N3O3S3. The number of hydrogen-bond acceptors (Lipinski definition) is 7. The molecule has 0 amide bonds. The lowest BCUT2D eigenvalue weighted by Gasteiger charge is -2.33. The molecule has 6 nitrogen and oxygen atoms in total. The number of thiophene rings is 1. The zero-order chi connectivity index (χ0) is 17.3. The Hall–Kier alpha value is -1.26. The fourth-order valence-corrected chi connectivity index (χ4v) is 6.05. The molecule has 1 aliphatic heterocycles. The molecule has 1 aromatic heterocycles. The van der Waals surface area contributed by atoms with Gasteiger partial charge in [0.15, 0.2) is 0 Å². The third kappa shape index (κ3) is 3.55. The van der Waals surface area contributed by atoms with E-state index in [9.17, 15) is 8.42 Å². The van der Waals surface area contributed by atoms with E-state index in [0.717, 1.165) is 34.3 Å². The minimum Gasteiger partial charge on any atom is -0.497 e. The van der Waals surface area contributed by atoms with Gasteiger partial charge in [-0.15, -0.1) is 11.3 Å². The van der Waals surface area contributed by atoms with Gasteiger partial charge in [-0.25, -0.2) is 13.6 Å². The molecule has 0 radical (unpaired) electrons. The Labute approximate surface area is 150 Å². The average molecular weight is 386 g/mol. The second-order valence-corrected chi connectivity index (χ2v) is 9.44. The van der Waals surface area contributed by atoms with Crippen LogP contribution in [-0.4, -0.2) is 28.6 Å². The van der Waals surface area contributed by atoms with E-state index in [0.29, 0.717) is 0 Å². The normalized spacial score (nSPS) is 17.6. The van der Waals surface area contributed by atoms with Crippen LogP contribution in [0.15, 0.2) is 38.8 Å². The SMILES string of the molecule is CCN[C@H]1CN(c2ccc(OC)cc2)Sc2sc(S(N)(=O)=O)cc21. The fourth-order valence-electron chi connectivity index (χ4n) is 2.55. The maximum Gasteiger partial charge on any atom is 0.247 e. The van der Waals surface area contributed by atoms with Crippen molar-refractivity contribution in [2.45, 2.75) is 21.4 Å². The number of fused-ring (bicyclic) bond motifs is 1. The largest absolute Gasteiger partial charge is 0.497 e. The van der Waals surface area contributed by atoms with Gasteiger partial charge in [0.05, 0.1) is 17.4 Å². The minimum absolute atomic E-state index is 0.0556. The highest BCUT2D eigenvalue weighted by molar-refractivity contribution is 8.03. The highest BCUT2D eigenvalue weighted by Crippen LogP contribution is 2.45. The number of methoxy groups -OCH3 is 1. The van der Waals surface area contributed by atoms with Crippen molar-refractivity contribution < 1.29 is 13.2 Å². The van der Waals surface area contributed by atoms with Gasteiger partial charge in [0.1, 0.15) is 9.96 Å². The summed E-state index contributed by atoms with van der Waals surface area (Å²) < 4.78 is 31.8. The lowest BCUT2D eigenvalue weighted by Crippen LogP contribution is -2.34. The molecule has 0 fully saturated rings. The van der Waals surface area contributed by atoms with E-state index < -0.39 is 10.0 Å². The topological polar surface area (TPSA) is 84.7 Å². The number of benzene rings is 1. The lowest BCUT2D eigenvalue weighted by atomic mass is 10.1. The predicted octanol–water partition coefficient (Wildman–Crippen LogP) is 2.58. The maximum absolute atomic E-state index is 11.7. The number of nitrogens with zero attached hydrogens (tertiary/aromatic N) is 1. The van der Waals surface area contributed by atoms with Crippen LogP contribution in [0.4, 0.5) is 5.69 Å². The zero-order valence-electron chi connectivity index (χ0n) is 13.4. The molecule has 0 bridgehead atoms. The van der Waals surface area contributed by atoms with Gasteiger partial charge in [-0.2, -0.15) is 0 Å². The Morgan fingerprint density at radius 2 is 2.08 bits per heavy atom. The Bertz CT molecular complexity index is 818. The van der Waals surface area contributed by atoms with Crippen LogP contribution in [0.2, 0.25) is 0 Å². The number of nitrogens with one attached hydrogen (secondary N) is 1. The second-order valence-electron chi connectivity index (χ2n) is 5.31. The fraction of sp³-hybridized carbons (Fsp3) is 0.333. The molecule has 0 aliphatic carbocycles. The summed E-state index contributed by atoms with van der Waals surface area (Å²) in [5, 5.41) is 8.71. The molecule has 2 aromatic rings. The highest BCUT2D eigenvalue weighted by Gasteiger charge is 2.30. The molecule has 1 aromatic carbocycles. The lowest BCUT2D eigenvalue weighted by molar-refractivity contribution is 0.415. The first-order chi connectivity index (χ1) is 11.4. The first-order valence-corrected chi connectivity index (χ1v) is 10.6. The van der Waals surface area contributed by atoms with Crippen LogP contribution in [0.25, 0.3) is 0 Å². The summed E-state index contributed by atoms with van der Waals surface area (Å²) in [6.07, 6.45) is 0. The summed E-state index contributed by atoms with van der Waals surface area (Å²) in [6.45, 7) is 3.57. The quantitative estimate of drug-likeness (QED) is 0.770. The van der Waals surface area contributed by atoms with Crippen molar-refractivity contribution in [3.8, 4) is 5.75 Å². The van der Waals surface area contributed by atoms with Gasteiger partial charge in [-0.3, -0.25) is 0 Å². The molecule has 0 unspecified atom stereocenters. The van der Waals surface area contributed by atoms with E-state index in [4.69, 9.17) is 9.88 Å². The maximum atomic E-state index is 11.7. The van der Waals surface area contributed by atoms with Crippen molar-refractivity contribution in [3.63, 3.8) is 0 Å². The molecule has 0 saturated carbocycles. The molecule has 130 valence electrons. The molecule has 3 rings (SSSR count). The highest BCUT2D eigenvalue weighted by atomic mass is 32.3. The zero-order valence-corrected chi connectivity index (χ0v) is 15.8. The summed E-state index contributed by atoms with van der Waals surface area (Å²) in [6, 6.07) is 9.57. The molecule has 1 aliphatic rings.